The minimum atomic E-state index is -0.575. The first-order valence-electron chi connectivity index (χ1n) is 6.41. The van der Waals surface area contributed by atoms with E-state index < -0.39 is 5.91 Å². The number of nitrogens with zero attached hydrogens (tertiary/aromatic N) is 4. The maximum absolute atomic E-state index is 11.6. The van der Waals surface area contributed by atoms with Gasteiger partial charge < -0.3 is 15.4 Å². The number of carbonyl (C=O) groups excluding carboxylic acids is 1. The van der Waals surface area contributed by atoms with Gasteiger partial charge in [-0.25, -0.2) is 0 Å². The van der Waals surface area contributed by atoms with Crippen LogP contribution in [0.5, 0.6) is 0 Å². The van der Waals surface area contributed by atoms with Gasteiger partial charge in [-0.2, -0.15) is 0 Å². The van der Waals surface area contributed by atoms with Crippen molar-refractivity contribution >= 4 is 11.7 Å². The lowest BCUT2D eigenvalue weighted by atomic mass is 10.3. The molecule has 1 aliphatic heterocycles. The summed E-state index contributed by atoms with van der Waals surface area (Å²) in [6.45, 7) is 2.56. The van der Waals surface area contributed by atoms with Crippen molar-refractivity contribution in [3.05, 3.63) is 36.0 Å². The first-order valence-corrected chi connectivity index (χ1v) is 6.41. The molecule has 1 fully saturated rings. The van der Waals surface area contributed by atoms with Crippen LogP contribution in [-0.2, 0) is 4.74 Å². The van der Waals surface area contributed by atoms with Crippen molar-refractivity contribution in [1.29, 1.82) is 0 Å². The van der Waals surface area contributed by atoms with Gasteiger partial charge in [0.15, 0.2) is 11.5 Å². The average Bonchev–Trinajstić information content (AvgIpc) is 2.94. The van der Waals surface area contributed by atoms with Gasteiger partial charge in [0.1, 0.15) is 0 Å². The van der Waals surface area contributed by atoms with Crippen molar-refractivity contribution in [1.82, 2.24) is 15.0 Å². The van der Waals surface area contributed by atoms with Gasteiger partial charge >= 0.3 is 0 Å². The number of carbonyl (C=O) groups is 1. The molecule has 0 radical (unpaired) electrons. The van der Waals surface area contributed by atoms with Crippen LogP contribution in [0.2, 0.25) is 0 Å². The molecule has 7 nitrogen and oxygen atoms in total. The number of morpholine rings is 1. The summed E-state index contributed by atoms with van der Waals surface area (Å²) in [6, 6.07) is 9.42. The normalized spacial score (nSPS) is 15.3. The highest BCUT2D eigenvalue weighted by atomic mass is 16.5. The van der Waals surface area contributed by atoms with Gasteiger partial charge in [0.2, 0.25) is 0 Å². The van der Waals surface area contributed by atoms with Crippen molar-refractivity contribution in [3.8, 4) is 5.69 Å². The van der Waals surface area contributed by atoms with Crippen LogP contribution < -0.4 is 10.6 Å². The van der Waals surface area contributed by atoms with Crippen LogP contribution in [0.25, 0.3) is 5.69 Å². The molecule has 0 atom stereocenters. The molecule has 2 aromatic rings. The Morgan fingerprint density at radius 2 is 1.85 bits per heavy atom. The number of rotatable bonds is 3. The third kappa shape index (κ3) is 2.35. The number of primary amides is 1. The molecule has 1 amide bonds. The molecule has 0 unspecified atom stereocenters. The van der Waals surface area contributed by atoms with E-state index in [9.17, 15) is 4.79 Å². The molecule has 3 rings (SSSR count). The summed E-state index contributed by atoms with van der Waals surface area (Å²) < 4.78 is 5.30. The zero-order valence-electron chi connectivity index (χ0n) is 10.9. The van der Waals surface area contributed by atoms with Crippen molar-refractivity contribution in [3.63, 3.8) is 0 Å². The number of benzene rings is 1. The molecule has 0 spiro atoms. The molecule has 1 aromatic carbocycles. The third-order valence-corrected chi connectivity index (χ3v) is 3.13. The Labute approximate surface area is 115 Å². The van der Waals surface area contributed by atoms with Crippen LogP contribution in [0.1, 0.15) is 10.5 Å². The minimum Gasteiger partial charge on any atom is -0.378 e. The predicted molar refractivity (Wildman–Crippen MR) is 72.9 cm³/mol. The van der Waals surface area contributed by atoms with E-state index in [1.54, 1.807) is 0 Å². The SMILES string of the molecule is NC(=O)c1nn(-c2ccccc2)nc1N1CCOCC1. The van der Waals surface area contributed by atoms with Crippen LogP contribution in [0.4, 0.5) is 5.82 Å². The largest absolute Gasteiger partial charge is 0.378 e. The van der Waals surface area contributed by atoms with Gasteiger partial charge in [0.25, 0.3) is 5.91 Å². The van der Waals surface area contributed by atoms with E-state index >= 15 is 0 Å². The van der Waals surface area contributed by atoms with Crippen LogP contribution >= 0.6 is 0 Å². The lowest BCUT2D eigenvalue weighted by molar-refractivity contribution is 0.0993. The van der Waals surface area contributed by atoms with E-state index in [2.05, 4.69) is 10.2 Å². The molecule has 2 heterocycles. The van der Waals surface area contributed by atoms with E-state index in [1.165, 1.54) is 4.80 Å². The van der Waals surface area contributed by atoms with Gasteiger partial charge in [0, 0.05) is 13.1 Å². The minimum absolute atomic E-state index is 0.191. The van der Waals surface area contributed by atoms with Crippen LogP contribution in [-0.4, -0.2) is 47.2 Å². The number of anilines is 1. The summed E-state index contributed by atoms with van der Waals surface area (Å²) in [6.07, 6.45) is 0. The summed E-state index contributed by atoms with van der Waals surface area (Å²) >= 11 is 0. The molecule has 20 heavy (non-hydrogen) atoms. The summed E-state index contributed by atoms with van der Waals surface area (Å²) in [5.41, 5.74) is 6.38. The lowest BCUT2D eigenvalue weighted by Crippen LogP contribution is -2.37. The number of ether oxygens (including phenoxy) is 1. The second-order valence-electron chi connectivity index (χ2n) is 4.46. The zero-order chi connectivity index (χ0) is 13.9. The van der Waals surface area contributed by atoms with Crippen molar-refractivity contribution in [2.45, 2.75) is 0 Å². The molecular formula is C13H15N5O2. The topological polar surface area (TPSA) is 86.3 Å². The monoisotopic (exact) mass is 273 g/mol. The molecule has 1 aliphatic rings. The number of nitrogens with two attached hydrogens (primary N) is 1. The first-order chi connectivity index (χ1) is 9.75. The Kier molecular flexibility index (Phi) is 3.34. The fourth-order valence-corrected chi connectivity index (χ4v) is 2.12. The third-order valence-electron chi connectivity index (χ3n) is 3.13. The summed E-state index contributed by atoms with van der Waals surface area (Å²) in [5, 5.41) is 8.60. The fourth-order valence-electron chi connectivity index (χ4n) is 2.12. The van der Waals surface area contributed by atoms with Crippen LogP contribution in [0.3, 0.4) is 0 Å². The van der Waals surface area contributed by atoms with E-state index in [0.29, 0.717) is 32.1 Å². The Morgan fingerprint density at radius 1 is 1.15 bits per heavy atom. The first kappa shape index (κ1) is 12.6. The quantitative estimate of drug-likeness (QED) is 0.863. The Balaban J connectivity index is 2.00. The van der Waals surface area contributed by atoms with Gasteiger partial charge in [0.05, 0.1) is 18.9 Å². The molecule has 0 saturated carbocycles. The molecule has 2 N–H and O–H groups in total. The van der Waals surface area contributed by atoms with Crippen molar-refractivity contribution in [2.24, 2.45) is 5.73 Å². The smallest absolute Gasteiger partial charge is 0.273 e. The Hall–Kier alpha value is -2.41. The molecule has 0 aliphatic carbocycles. The highest BCUT2D eigenvalue weighted by Crippen LogP contribution is 2.18. The highest BCUT2D eigenvalue weighted by molar-refractivity contribution is 5.95. The number of amides is 1. The number of aromatic nitrogens is 3. The molecule has 7 heteroatoms. The second kappa shape index (κ2) is 5.30. The molecule has 1 saturated heterocycles. The highest BCUT2D eigenvalue weighted by Gasteiger charge is 2.23. The van der Waals surface area contributed by atoms with E-state index in [4.69, 9.17) is 10.5 Å². The lowest BCUT2D eigenvalue weighted by Gasteiger charge is -2.26. The van der Waals surface area contributed by atoms with E-state index in [-0.39, 0.29) is 5.69 Å². The standard InChI is InChI=1S/C13H15N5O2/c14-12(19)11-13(17-6-8-20-9-7-17)16-18(15-11)10-4-2-1-3-5-10/h1-5H,6-9H2,(H2,14,19). The van der Waals surface area contributed by atoms with Gasteiger partial charge in [-0.3, -0.25) is 4.79 Å². The van der Waals surface area contributed by atoms with E-state index in [0.717, 1.165) is 5.69 Å². The summed E-state index contributed by atoms with van der Waals surface area (Å²) in [7, 11) is 0. The molecule has 104 valence electrons. The van der Waals surface area contributed by atoms with Crippen molar-refractivity contribution < 1.29 is 9.53 Å². The zero-order valence-corrected chi connectivity index (χ0v) is 10.9. The average molecular weight is 273 g/mol. The molecule has 1 aromatic heterocycles. The predicted octanol–water partition coefficient (Wildman–Crippen LogP) is 0.203. The van der Waals surface area contributed by atoms with E-state index in [1.807, 2.05) is 35.2 Å². The molecular weight excluding hydrogens is 258 g/mol. The maximum Gasteiger partial charge on any atom is 0.273 e. The number of hydrogen-bond donors (Lipinski definition) is 1. The van der Waals surface area contributed by atoms with Gasteiger partial charge in [-0.1, -0.05) is 18.2 Å². The molecule has 0 bridgehead atoms. The summed E-state index contributed by atoms with van der Waals surface area (Å²) in [5.74, 6) is -0.0571. The number of hydrogen-bond acceptors (Lipinski definition) is 5. The summed E-state index contributed by atoms with van der Waals surface area (Å²) in [4.78, 5) is 15.0. The van der Waals surface area contributed by atoms with Crippen molar-refractivity contribution in [2.75, 3.05) is 31.2 Å². The Morgan fingerprint density at radius 3 is 2.50 bits per heavy atom. The Bertz CT molecular complexity index is 604. The van der Waals surface area contributed by atoms with Gasteiger partial charge in [-0.15, -0.1) is 15.0 Å². The second-order valence-corrected chi connectivity index (χ2v) is 4.46. The van der Waals surface area contributed by atoms with Crippen LogP contribution in [0, 0.1) is 0 Å². The fraction of sp³-hybridized carbons (Fsp3) is 0.308. The maximum atomic E-state index is 11.6. The van der Waals surface area contributed by atoms with Gasteiger partial charge in [-0.05, 0) is 12.1 Å². The number of para-hydroxylation sites is 1. The van der Waals surface area contributed by atoms with Crippen LogP contribution in [0.15, 0.2) is 30.3 Å².